The first-order chi connectivity index (χ1) is 13.1. The van der Waals surface area contributed by atoms with Gasteiger partial charge in [0, 0.05) is 12.8 Å². The largest absolute Gasteiger partial charge is 0.320 e. The van der Waals surface area contributed by atoms with Crippen LogP contribution in [0.4, 0.5) is 17.6 Å². The Balaban J connectivity index is 4.19. The molecule has 0 radical (unpaired) electrons. The molecule has 0 saturated carbocycles. The van der Waals surface area contributed by atoms with Gasteiger partial charge in [-0.15, -0.1) is 0 Å². The van der Waals surface area contributed by atoms with Crippen LogP contribution in [0.2, 0.25) is 0 Å². The molecule has 0 aliphatic rings. The minimum absolute atomic E-state index is 0.167. The van der Waals surface area contributed by atoms with Crippen LogP contribution in [0.15, 0.2) is 0 Å². The number of Topliss-reactive ketones (excluding diaryl/α,β-unsaturated/α-hetero) is 2. The van der Waals surface area contributed by atoms with E-state index in [0.29, 0.717) is 12.8 Å². The Labute approximate surface area is 164 Å². The maximum atomic E-state index is 13.6. The third kappa shape index (κ3) is 11.9. The van der Waals surface area contributed by atoms with Crippen LogP contribution in [0.5, 0.6) is 0 Å². The zero-order valence-electron chi connectivity index (χ0n) is 16.5. The number of hydrogen-bond donors (Lipinski definition) is 0. The number of alkyl halides is 4. The lowest BCUT2D eigenvalue weighted by atomic mass is 10.1. The number of carbonyl (C=O) groups excluding carboxylic acids is 2. The molecule has 0 rings (SSSR count). The molecule has 0 aromatic heterocycles. The number of carbonyl (C=O) groups is 2. The molecule has 0 aromatic rings. The van der Waals surface area contributed by atoms with Crippen molar-refractivity contribution in [1.29, 1.82) is 0 Å². The van der Waals surface area contributed by atoms with E-state index < -0.39 is 57.7 Å². The quantitative estimate of drug-likeness (QED) is 0.156. The van der Waals surface area contributed by atoms with Crippen molar-refractivity contribution in [3.63, 3.8) is 0 Å². The molecular formula is C18H31F4O5P. The van der Waals surface area contributed by atoms with E-state index in [2.05, 4.69) is 9.05 Å². The number of halogens is 4. The highest BCUT2D eigenvalue weighted by atomic mass is 31.1. The Kier molecular flexibility index (Phi) is 13.8. The zero-order valence-corrected chi connectivity index (χ0v) is 17.5. The summed E-state index contributed by atoms with van der Waals surface area (Å²) < 4.78 is 74.7. The van der Waals surface area contributed by atoms with E-state index in [1.807, 2.05) is 13.8 Å². The summed E-state index contributed by atoms with van der Waals surface area (Å²) in [4.78, 5) is 22.9. The van der Waals surface area contributed by atoms with E-state index in [1.165, 1.54) is 0 Å². The second-order valence-corrected chi connectivity index (χ2v) is 7.78. The third-order valence-electron chi connectivity index (χ3n) is 4.15. The van der Waals surface area contributed by atoms with Crippen molar-refractivity contribution in [2.75, 3.05) is 13.2 Å². The van der Waals surface area contributed by atoms with Gasteiger partial charge in [-0.2, -0.15) is 17.6 Å². The second kappa shape index (κ2) is 14.2. The van der Waals surface area contributed by atoms with Gasteiger partial charge in [0.1, 0.15) is 13.2 Å². The molecule has 0 spiro atoms. The minimum Gasteiger partial charge on any atom is -0.302 e. The van der Waals surface area contributed by atoms with E-state index in [0.717, 1.165) is 25.7 Å². The lowest BCUT2D eigenvalue weighted by Crippen LogP contribution is -2.32. The van der Waals surface area contributed by atoms with Crippen LogP contribution in [-0.4, -0.2) is 36.6 Å². The number of unbranched alkanes of at least 4 members (excludes halogenated alkanes) is 6. The van der Waals surface area contributed by atoms with Gasteiger partial charge in [0.2, 0.25) is 11.6 Å². The van der Waals surface area contributed by atoms with Crippen LogP contribution in [0.25, 0.3) is 0 Å². The Morgan fingerprint density at radius 1 is 0.714 bits per heavy atom. The summed E-state index contributed by atoms with van der Waals surface area (Å²) in [5.41, 5.74) is 0. The molecule has 0 fully saturated rings. The fourth-order valence-corrected chi connectivity index (χ4v) is 2.91. The van der Waals surface area contributed by atoms with Crippen molar-refractivity contribution in [3.8, 4) is 0 Å². The summed E-state index contributed by atoms with van der Waals surface area (Å²) >= 11 is 0. The Morgan fingerprint density at radius 2 is 1.07 bits per heavy atom. The van der Waals surface area contributed by atoms with Gasteiger partial charge in [0.15, 0.2) is 0 Å². The molecule has 0 heterocycles. The number of ketones is 2. The van der Waals surface area contributed by atoms with E-state index in [9.17, 15) is 31.7 Å². The van der Waals surface area contributed by atoms with Crippen LogP contribution in [0.1, 0.15) is 78.1 Å². The number of rotatable bonds is 18. The lowest BCUT2D eigenvalue weighted by Gasteiger charge is -2.16. The van der Waals surface area contributed by atoms with Gasteiger partial charge in [-0.3, -0.25) is 14.2 Å². The normalized spacial score (nSPS) is 12.5. The summed E-state index contributed by atoms with van der Waals surface area (Å²) in [5.74, 6) is -10.3. The van der Waals surface area contributed by atoms with Crippen LogP contribution in [0, 0.1) is 0 Å². The first kappa shape index (κ1) is 27.2. The molecule has 0 unspecified atom stereocenters. The summed E-state index contributed by atoms with van der Waals surface area (Å²) in [6, 6.07) is 0. The van der Waals surface area contributed by atoms with Crippen molar-refractivity contribution >= 4 is 19.8 Å². The van der Waals surface area contributed by atoms with Crippen molar-refractivity contribution in [2.45, 2.75) is 89.9 Å². The third-order valence-corrected chi connectivity index (χ3v) is 4.91. The zero-order chi connectivity index (χ0) is 21.6. The molecule has 5 nitrogen and oxygen atoms in total. The van der Waals surface area contributed by atoms with Crippen LogP contribution in [-0.2, 0) is 23.2 Å². The minimum atomic E-state index is -3.61. The Morgan fingerprint density at radius 3 is 1.39 bits per heavy atom. The van der Waals surface area contributed by atoms with Gasteiger partial charge in [-0.1, -0.05) is 52.4 Å². The molecule has 0 aromatic carbocycles. The molecule has 0 atom stereocenters. The van der Waals surface area contributed by atoms with E-state index in [1.54, 1.807) is 0 Å². The molecular weight excluding hydrogens is 403 g/mol. The predicted octanol–water partition coefficient (Wildman–Crippen LogP) is 5.76. The smallest absolute Gasteiger partial charge is 0.302 e. The summed E-state index contributed by atoms with van der Waals surface area (Å²) in [6.07, 6.45) is 3.46. The van der Waals surface area contributed by atoms with Gasteiger partial charge in [-0.05, 0) is 12.8 Å². The Bertz CT molecular complexity index is 458. The highest BCUT2D eigenvalue weighted by molar-refractivity contribution is 7.33. The molecule has 0 N–H and O–H groups in total. The topological polar surface area (TPSA) is 69.7 Å². The van der Waals surface area contributed by atoms with Crippen molar-refractivity contribution in [1.82, 2.24) is 0 Å². The molecule has 0 saturated heterocycles. The van der Waals surface area contributed by atoms with Crippen LogP contribution >= 0.6 is 8.25 Å². The van der Waals surface area contributed by atoms with Crippen molar-refractivity contribution in [3.05, 3.63) is 0 Å². The maximum absolute atomic E-state index is 13.6. The highest BCUT2D eigenvalue weighted by Crippen LogP contribution is 2.30. The van der Waals surface area contributed by atoms with E-state index in [-0.39, 0.29) is 12.8 Å². The SMILES string of the molecule is CCCCCCC(F)(F)C(=O)CO[PH](=O)OCC(=O)C(F)(F)CCCCCC. The van der Waals surface area contributed by atoms with E-state index >= 15 is 0 Å². The maximum Gasteiger partial charge on any atom is 0.320 e. The van der Waals surface area contributed by atoms with Gasteiger partial charge in [-0.25, -0.2) is 0 Å². The molecule has 0 aliphatic heterocycles. The van der Waals surface area contributed by atoms with Crippen molar-refractivity contribution in [2.24, 2.45) is 0 Å². The Hall–Kier alpha value is -0.790. The highest BCUT2D eigenvalue weighted by Gasteiger charge is 2.39. The first-order valence-corrected chi connectivity index (χ1v) is 10.9. The number of hydrogen-bond acceptors (Lipinski definition) is 5. The fourth-order valence-electron chi connectivity index (χ4n) is 2.33. The van der Waals surface area contributed by atoms with Crippen LogP contribution in [0.3, 0.4) is 0 Å². The molecule has 166 valence electrons. The molecule has 28 heavy (non-hydrogen) atoms. The van der Waals surface area contributed by atoms with Gasteiger partial charge < -0.3 is 9.05 Å². The average molecular weight is 434 g/mol. The molecule has 0 aliphatic carbocycles. The van der Waals surface area contributed by atoms with Crippen molar-refractivity contribution < 1.29 is 40.8 Å². The lowest BCUT2D eigenvalue weighted by molar-refractivity contribution is -0.147. The summed E-state index contributed by atoms with van der Waals surface area (Å²) in [7, 11) is -3.51. The summed E-state index contributed by atoms with van der Waals surface area (Å²) in [6.45, 7) is 1.50. The van der Waals surface area contributed by atoms with Gasteiger partial charge in [0.25, 0.3) is 0 Å². The van der Waals surface area contributed by atoms with Gasteiger partial charge in [0.05, 0.1) is 0 Å². The average Bonchev–Trinajstić information content (AvgIpc) is 2.64. The molecule has 0 bridgehead atoms. The standard InChI is InChI=1S/C18H31F4O5P/c1-3-5-7-9-11-17(19,20)15(23)13-26-28(25)27-14-16(24)18(21,22)12-10-8-6-4-2/h28H,3-14H2,1-2H3. The predicted molar refractivity (Wildman–Crippen MR) is 98.3 cm³/mol. The molecule has 0 amide bonds. The monoisotopic (exact) mass is 434 g/mol. The second-order valence-electron chi connectivity index (χ2n) is 6.70. The molecule has 10 heteroatoms. The fraction of sp³-hybridized carbons (Fsp3) is 0.889. The van der Waals surface area contributed by atoms with E-state index in [4.69, 9.17) is 0 Å². The first-order valence-electron chi connectivity index (χ1n) is 9.68. The summed E-state index contributed by atoms with van der Waals surface area (Å²) in [5, 5.41) is 0. The van der Waals surface area contributed by atoms with Crippen LogP contribution < -0.4 is 0 Å². The van der Waals surface area contributed by atoms with Gasteiger partial charge >= 0.3 is 20.1 Å².